The van der Waals surface area contributed by atoms with E-state index < -0.39 is 0 Å². The molecule has 0 aliphatic rings. The lowest BCUT2D eigenvalue weighted by Gasteiger charge is -2.10. The lowest BCUT2D eigenvalue weighted by atomic mass is 10.1. The number of hydrogen-bond acceptors (Lipinski definition) is 4. The Bertz CT molecular complexity index is 710. The lowest BCUT2D eigenvalue weighted by molar-refractivity contribution is -0.114. The molecule has 1 heterocycles. The molecule has 104 valence electrons. The standard InChI is InChI=1S/C14H15N3O2S/c1-9(18)15-13-7-11(8-17(2)14(13)19)10-4-3-5-12(6-10)16-20/h3-8,16,20H,1-2H3,(H,15,18). The van der Waals surface area contributed by atoms with Crippen LogP contribution in [-0.4, -0.2) is 10.5 Å². The number of amides is 1. The molecule has 2 rings (SSSR count). The molecular weight excluding hydrogens is 274 g/mol. The summed E-state index contributed by atoms with van der Waals surface area (Å²) >= 11 is 4.01. The normalized spacial score (nSPS) is 10.2. The summed E-state index contributed by atoms with van der Waals surface area (Å²) in [5, 5.41) is 2.55. The third-order valence-electron chi connectivity index (χ3n) is 2.82. The fourth-order valence-electron chi connectivity index (χ4n) is 1.92. The van der Waals surface area contributed by atoms with Crippen LogP contribution in [0.3, 0.4) is 0 Å². The molecule has 0 atom stereocenters. The Balaban J connectivity index is 2.54. The molecule has 0 fully saturated rings. The van der Waals surface area contributed by atoms with Gasteiger partial charge in [0.15, 0.2) is 0 Å². The van der Waals surface area contributed by atoms with Crippen molar-refractivity contribution < 1.29 is 4.79 Å². The van der Waals surface area contributed by atoms with Gasteiger partial charge >= 0.3 is 0 Å². The zero-order valence-corrected chi connectivity index (χ0v) is 12.1. The van der Waals surface area contributed by atoms with Crippen molar-refractivity contribution in [3.05, 3.63) is 46.9 Å². The van der Waals surface area contributed by atoms with Gasteiger partial charge in [0.2, 0.25) is 5.91 Å². The molecule has 2 N–H and O–H groups in total. The van der Waals surface area contributed by atoms with Gasteiger partial charge in [0.1, 0.15) is 5.69 Å². The maximum Gasteiger partial charge on any atom is 0.274 e. The molecule has 0 bridgehead atoms. The Morgan fingerprint density at radius 3 is 2.65 bits per heavy atom. The van der Waals surface area contributed by atoms with Crippen molar-refractivity contribution in [3.8, 4) is 11.1 Å². The number of benzene rings is 1. The number of pyridine rings is 1. The summed E-state index contributed by atoms with van der Waals surface area (Å²) in [6, 6.07) is 9.27. The zero-order chi connectivity index (χ0) is 14.7. The van der Waals surface area contributed by atoms with Gasteiger partial charge < -0.3 is 14.6 Å². The number of thiol groups is 1. The number of aromatic nitrogens is 1. The van der Waals surface area contributed by atoms with Crippen LogP contribution in [0.15, 0.2) is 41.3 Å². The first-order valence-corrected chi connectivity index (χ1v) is 6.45. The summed E-state index contributed by atoms with van der Waals surface area (Å²) in [5.74, 6) is -0.273. The summed E-state index contributed by atoms with van der Waals surface area (Å²) in [6.45, 7) is 1.37. The molecule has 0 spiro atoms. The van der Waals surface area contributed by atoms with Crippen LogP contribution in [0.1, 0.15) is 6.92 Å². The van der Waals surface area contributed by atoms with E-state index in [1.165, 1.54) is 11.5 Å². The Morgan fingerprint density at radius 2 is 2.00 bits per heavy atom. The molecule has 2 aromatic rings. The van der Waals surface area contributed by atoms with Crippen LogP contribution in [0, 0.1) is 0 Å². The molecular formula is C14H15N3O2S. The largest absolute Gasteiger partial charge is 0.332 e. The van der Waals surface area contributed by atoms with E-state index in [-0.39, 0.29) is 17.2 Å². The van der Waals surface area contributed by atoms with Gasteiger partial charge in [0.25, 0.3) is 5.56 Å². The second-order valence-corrected chi connectivity index (χ2v) is 4.66. The number of aryl methyl sites for hydroxylation is 1. The highest BCUT2D eigenvalue weighted by Crippen LogP contribution is 2.23. The average Bonchev–Trinajstić information content (AvgIpc) is 2.43. The van der Waals surface area contributed by atoms with Crippen LogP contribution in [0.5, 0.6) is 0 Å². The maximum atomic E-state index is 11.9. The fourth-order valence-corrected chi connectivity index (χ4v) is 2.06. The summed E-state index contributed by atoms with van der Waals surface area (Å²) in [5.41, 5.74) is 2.63. The molecule has 1 amide bonds. The van der Waals surface area contributed by atoms with Crippen molar-refractivity contribution in [1.29, 1.82) is 0 Å². The van der Waals surface area contributed by atoms with Crippen molar-refractivity contribution in [2.75, 3.05) is 10.0 Å². The van der Waals surface area contributed by atoms with E-state index in [4.69, 9.17) is 0 Å². The molecule has 0 unspecified atom stereocenters. The molecule has 6 heteroatoms. The van der Waals surface area contributed by atoms with Gasteiger partial charge in [0.05, 0.1) is 0 Å². The van der Waals surface area contributed by atoms with Gasteiger partial charge in [-0.15, -0.1) is 0 Å². The van der Waals surface area contributed by atoms with Gasteiger partial charge in [-0.25, -0.2) is 0 Å². The summed E-state index contributed by atoms with van der Waals surface area (Å²) in [6.07, 6.45) is 1.73. The third-order valence-corrected chi connectivity index (χ3v) is 3.08. The van der Waals surface area contributed by atoms with Crippen LogP contribution in [-0.2, 0) is 11.8 Å². The highest BCUT2D eigenvalue weighted by atomic mass is 32.1. The number of hydrogen-bond donors (Lipinski definition) is 3. The van der Waals surface area contributed by atoms with E-state index in [1.807, 2.05) is 24.3 Å². The third kappa shape index (κ3) is 3.03. The van der Waals surface area contributed by atoms with Crippen LogP contribution in [0.25, 0.3) is 11.1 Å². The molecule has 0 saturated heterocycles. The number of anilines is 2. The SMILES string of the molecule is CC(=O)Nc1cc(-c2cccc(NS)c2)cn(C)c1=O. The number of rotatable bonds is 3. The number of nitrogens with one attached hydrogen (secondary N) is 2. The zero-order valence-electron chi connectivity index (χ0n) is 11.2. The lowest BCUT2D eigenvalue weighted by Crippen LogP contribution is -2.22. The van der Waals surface area contributed by atoms with Gasteiger partial charge in [-0.1, -0.05) is 24.9 Å². The Kier molecular flexibility index (Phi) is 4.14. The van der Waals surface area contributed by atoms with Crippen molar-refractivity contribution in [3.63, 3.8) is 0 Å². The predicted octanol–water partition coefficient (Wildman–Crippen LogP) is 2.27. The Morgan fingerprint density at radius 1 is 1.25 bits per heavy atom. The topological polar surface area (TPSA) is 63.1 Å². The van der Waals surface area contributed by atoms with Crippen LogP contribution >= 0.6 is 12.8 Å². The maximum absolute atomic E-state index is 11.9. The van der Waals surface area contributed by atoms with E-state index in [0.29, 0.717) is 0 Å². The van der Waals surface area contributed by atoms with E-state index in [9.17, 15) is 9.59 Å². The first-order valence-electron chi connectivity index (χ1n) is 6.00. The Labute approximate surface area is 122 Å². The summed E-state index contributed by atoms with van der Waals surface area (Å²) in [4.78, 5) is 23.1. The number of nitrogens with zero attached hydrogens (tertiary/aromatic N) is 1. The van der Waals surface area contributed by atoms with Crippen LogP contribution < -0.4 is 15.6 Å². The minimum atomic E-state index is -0.273. The molecule has 20 heavy (non-hydrogen) atoms. The summed E-state index contributed by atoms with van der Waals surface area (Å²) in [7, 11) is 1.65. The van der Waals surface area contributed by atoms with Crippen LogP contribution in [0.4, 0.5) is 11.4 Å². The monoisotopic (exact) mass is 289 g/mol. The minimum Gasteiger partial charge on any atom is -0.332 e. The first kappa shape index (κ1) is 14.2. The van der Waals surface area contributed by atoms with Crippen molar-refractivity contribution in [1.82, 2.24) is 4.57 Å². The van der Waals surface area contributed by atoms with E-state index in [2.05, 4.69) is 22.9 Å². The van der Waals surface area contributed by atoms with Crippen molar-refractivity contribution in [2.45, 2.75) is 6.92 Å². The summed E-state index contributed by atoms with van der Waals surface area (Å²) < 4.78 is 4.21. The molecule has 0 saturated carbocycles. The highest BCUT2D eigenvalue weighted by Gasteiger charge is 2.08. The first-order chi connectivity index (χ1) is 9.51. The second kappa shape index (κ2) is 5.83. The molecule has 5 nitrogen and oxygen atoms in total. The highest BCUT2D eigenvalue weighted by molar-refractivity contribution is 7.81. The predicted molar refractivity (Wildman–Crippen MR) is 84.0 cm³/mol. The molecule has 0 radical (unpaired) electrons. The quantitative estimate of drug-likeness (QED) is 0.760. The number of carbonyl (C=O) groups excluding carboxylic acids is 1. The van der Waals surface area contributed by atoms with Gasteiger partial charge in [-0.2, -0.15) is 0 Å². The van der Waals surface area contributed by atoms with Gasteiger partial charge in [-0.3, -0.25) is 9.59 Å². The molecule has 0 aliphatic carbocycles. The van der Waals surface area contributed by atoms with Gasteiger partial charge in [-0.05, 0) is 23.8 Å². The van der Waals surface area contributed by atoms with E-state index in [0.717, 1.165) is 16.8 Å². The smallest absolute Gasteiger partial charge is 0.274 e. The van der Waals surface area contributed by atoms with E-state index >= 15 is 0 Å². The number of carbonyl (C=O) groups is 1. The van der Waals surface area contributed by atoms with Gasteiger partial charge in [0, 0.05) is 31.4 Å². The van der Waals surface area contributed by atoms with Crippen molar-refractivity contribution >= 4 is 30.1 Å². The molecule has 1 aromatic heterocycles. The average molecular weight is 289 g/mol. The molecule has 0 aliphatic heterocycles. The van der Waals surface area contributed by atoms with E-state index in [1.54, 1.807) is 19.3 Å². The molecule has 1 aromatic carbocycles. The van der Waals surface area contributed by atoms with Crippen molar-refractivity contribution in [2.24, 2.45) is 7.05 Å². The fraction of sp³-hybridized carbons (Fsp3) is 0.143. The second-order valence-electron chi connectivity index (χ2n) is 4.43. The van der Waals surface area contributed by atoms with Crippen LogP contribution in [0.2, 0.25) is 0 Å². The minimum absolute atomic E-state index is 0.243. The Hall–Kier alpha value is -2.21.